The van der Waals surface area contributed by atoms with Crippen LogP contribution < -0.4 is 4.74 Å². The van der Waals surface area contributed by atoms with E-state index < -0.39 is 36.9 Å². The van der Waals surface area contributed by atoms with E-state index >= 15 is 0 Å². The number of nitro groups is 1. The fourth-order valence-electron chi connectivity index (χ4n) is 2.96. The normalized spacial score (nSPS) is 15.7. The molecule has 34 heavy (non-hydrogen) atoms. The zero-order valence-electron chi connectivity index (χ0n) is 18.7. The molecule has 3 rings (SSSR count). The molecule has 0 aliphatic carbocycles. The first kappa shape index (κ1) is 26.2. The quantitative estimate of drug-likeness (QED) is 0.394. The van der Waals surface area contributed by atoms with Crippen LogP contribution in [0.5, 0.6) is 11.5 Å². The second-order valence-electron chi connectivity index (χ2n) is 8.53. The Balaban J connectivity index is 1.88. The zero-order chi connectivity index (χ0) is 25.3. The van der Waals surface area contributed by atoms with Gasteiger partial charge in [-0.25, -0.2) is 13.2 Å². The van der Waals surface area contributed by atoms with Gasteiger partial charge in [0.2, 0.25) is 10.0 Å². The molecule has 0 aromatic heterocycles. The van der Waals surface area contributed by atoms with Crippen molar-refractivity contribution < 1.29 is 27.7 Å². The van der Waals surface area contributed by atoms with E-state index in [1.165, 1.54) is 29.3 Å². The number of carbonyl (C=O) groups is 1. The number of hydrogen-bond donors (Lipinski definition) is 0. The standard InChI is InChI=1S/C21H23Cl2N3O7S/c1-21(2,3)20(27)33-24-8-10-25(11-9-24)34(30,31)19-13-15(26(28)29)5-7-17(19)32-18-12-14(22)4-6-16(18)23/h4-7,12-13H,8-11H2,1-3H3. The smallest absolute Gasteiger partial charge is 0.330 e. The molecule has 0 amide bonds. The number of nitrogens with zero attached hydrogens (tertiary/aromatic N) is 3. The van der Waals surface area contributed by atoms with Crippen molar-refractivity contribution in [2.75, 3.05) is 26.2 Å². The summed E-state index contributed by atoms with van der Waals surface area (Å²) in [5.41, 5.74) is -1.12. The predicted molar refractivity (Wildman–Crippen MR) is 126 cm³/mol. The minimum absolute atomic E-state index is 0.000189. The monoisotopic (exact) mass is 531 g/mol. The van der Waals surface area contributed by atoms with Gasteiger partial charge in [0.1, 0.15) is 16.4 Å². The Morgan fingerprint density at radius 2 is 1.68 bits per heavy atom. The lowest BCUT2D eigenvalue weighted by Gasteiger charge is -2.34. The Morgan fingerprint density at radius 1 is 1.03 bits per heavy atom. The van der Waals surface area contributed by atoms with Crippen molar-refractivity contribution in [3.05, 3.63) is 56.6 Å². The summed E-state index contributed by atoms with van der Waals surface area (Å²) >= 11 is 12.1. The van der Waals surface area contributed by atoms with E-state index in [2.05, 4.69) is 0 Å². The van der Waals surface area contributed by atoms with Crippen LogP contribution in [0.25, 0.3) is 0 Å². The molecule has 0 unspecified atom stereocenters. The van der Waals surface area contributed by atoms with Gasteiger partial charge in [0.15, 0.2) is 0 Å². The first-order valence-electron chi connectivity index (χ1n) is 10.2. The molecule has 0 bridgehead atoms. The van der Waals surface area contributed by atoms with E-state index in [9.17, 15) is 23.3 Å². The summed E-state index contributed by atoms with van der Waals surface area (Å²) in [6.45, 7) is 5.41. The number of piperazine rings is 1. The molecule has 1 fully saturated rings. The summed E-state index contributed by atoms with van der Waals surface area (Å²) in [7, 11) is -4.21. The van der Waals surface area contributed by atoms with Crippen molar-refractivity contribution in [3.8, 4) is 11.5 Å². The average Bonchev–Trinajstić information content (AvgIpc) is 2.76. The maximum Gasteiger partial charge on any atom is 0.330 e. The third-order valence-corrected chi connectivity index (χ3v) is 7.36. The molecule has 0 N–H and O–H groups in total. The molecular weight excluding hydrogens is 509 g/mol. The van der Waals surface area contributed by atoms with Gasteiger partial charge in [0.25, 0.3) is 5.69 Å². The second-order valence-corrected chi connectivity index (χ2v) is 11.3. The number of hydroxylamine groups is 2. The number of carbonyl (C=O) groups excluding carboxylic acids is 1. The van der Waals surface area contributed by atoms with E-state index in [1.807, 2.05) is 0 Å². The Hall–Kier alpha value is -2.44. The van der Waals surface area contributed by atoms with Gasteiger partial charge in [0, 0.05) is 49.4 Å². The third kappa shape index (κ3) is 5.97. The summed E-state index contributed by atoms with van der Waals surface area (Å²) < 4.78 is 33.8. The SMILES string of the molecule is CC(C)(C)C(=O)ON1CCN(S(=O)(=O)c2cc([N+](=O)[O-])ccc2Oc2cc(Cl)ccc2Cl)CC1. The summed E-state index contributed by atoms with van der Waals surface area (Å²) in [6, 6.07) is 7.70. The summed E-state index contributed by atoms with van der Waals surface area (Å²) in [4.78, 5) is 27.7. The largest absolute Gasteiger partial charge is 0.454 e. The minimum Gasteiger partial charge on any atom is -0.454 e. The Kier molecular flexibility index (Phi) is 7.73. The molecule has 1 aliphatic heterocycles. The van der Waals surface area contributed by atoms with Crippen LogP contribution in [0.1, 0.15) is 20.8 Å². The van der Waals surface area contributed by atoms with Crippen LogP contribution in [0.4, 0.5) is 5.69 Å². The molecule has 0 spiro atoms. The van der Waals surface area contributed by atoms with Crippen LogP contribution in [0.2, 0.25) is 10.0 Å². The maximum atomic E-state index is 13.5. The van der Waals surface area contributed by atoms with Crippen LogP contribution >= 0.6 is 23.2 Å². The fourth-order valence-corrected chi connectivity index (χ4v) is 4.84. The van der Waals surface area contributed by atoms with Gasteiger partial charge in [-0.15, -0.1) is 5.06 Å². The van der Waals surface area contributed by atoms with Gasteiger partial charge in [-0.3, -0.25) is 10.1 Å². The van der Waals surface area contributed by atoms with Crippen molar-refractivity contribution >= 4 is 44.9 Å². The summed E-state index contributed by atoms with van der Waals surface area (Å²) in [5, 5.41) is 13.2. The molecule has 0 atom stereocenters. The molecule has 0 radical (unpaired) electrons. The number of hydrogen-bond acceptors (Lipinski definition) is 8. The molecule has 2 aromatic carbocycles. The van der Waals surface area contributed by atoms with Crippen molar-refractivity contribution in [2.45, 2.75) is 25.7 Å². The van der Waals surface area contributed by atoms with Crippen molar-refractivity contribution in [1.82, 2.24) is 9.37 Å². The van der Waals surface area contributed by atoms with Gasteiger partial charge in [0.05, 0.1) is 15.4 Å². The average molecular weight is 532 g/mol. The molecule has 1 saturated heterocycles. The molecule has 1 heterocycles. The van der Waals surface area contributed by atoms with E-state index in [4.69, 9.17) is 32.8 Å². The highest BCUT2D eigenvalue weighted by molar-refractivity contribution is 7.89. The maximum absolute atomic E-state index is 13.5. The van der Waals surface area contributed by atoms with Gasteiger partial charge in [-0.05, 0) is 39.0 Å². The molecule has 13 heteroatoms. The van der Waals surface area contributed by atoms with Crippen LogP contribution in [-0.4, -0.2) is 54.9 Å². The number of benzene rings is 2. The number of rotatable bonds is 6. The third-order valence-electron chi connectivity index (χ3n) is 4.89. The van der Waals surface area contributed by atoms with Crippen LogP contribution in [0.15, 0.2) is 41.3 Å². The van der Waals surface area contributed by atoms with Gasteiger partial charge in [-0.1, -0.05) is 23.2 Å². The second kappa shape index (κ2) is 10.0. The van der Waals surface area contributed by atoms with E-state index in [-0.39, 0.29) is 42.7 Å². The number of ether oxygens (including phenoxy) is 1. The van der Waals surface area contributed by atoms with E-state index in [0.29, 0.717) is 5.02 Å². The molecule has 0 saturated carbocycles. The molecule has 2 aromatic rings. The highest BCUT2D eigenvalue weighted by atomic mass is 35.5. The Labute approximate surface area is 207 Å². The lowest BCUT2D eigenvalue weighted by molar-refractivity contribution is -0.385. The van der Waals surface area contributed by atoms with Crippen molar-refractivity contribution in [1.29, 1.82) is 0 Å². The fraction of sp³-hybridized carbons (Fsp3) is 0.381. The van der Waals surface area contributed by atoms with Crippen molar-refractivity contribution in [3.63, 3.8) is 0 Å². The summed E-state index contributed by atoms with van der Waals surface area (Å²) in [6.07, 6.45) is 0. The lowest BCUT2D eigenvalue weighted by atomic mass is 9.98. The van der Waals surface area contributed by atoms with Crippen LogP contribution in [0, 0.1) is 15.5 Å². The topological polar surface area (TPSA) is 119 Å². The van der Waals surface area contributed by atoms with Crippen LogP contribution in [0.3, 0.4) is 0 Å². The van der Waals surface area contributed by atoms with E-state index in [1.54, 1.807) is 20.8 Å². The highest BCUT2D eigenvalue weighted by Crippen LogP contribution is 2.37. The summed E-state index contributed by atoms with van der Waals surface area (Å²) in [5.74, 6) is -0.480. The molecular formula is C21H23Cl2N3O7S. The highest BCUT2D eigenvalue weighted by Gasteiger charge is 2.35. The Bertz CT molecular complexity index is 1210. The number of sulfonamides is 1. The first-order chi connectivity index (χ1) is 15.8. The number of nitro benzene ring substituents is 1. The van der Waals surface area contributed by atoms with Gasteiger partial charge >= 0.3 is 5.97 Å². The minimum atomic E-state index is -4.21. The zero-order valence-corrected chi connectivity index (χ0v) is 21.0. The lowest BCUT2D eigenvalue weighted by Crippen LogP contribution is -2.49. The predicted octanol–water partition coefficient (Wildman–Crippen LogP) is 4.50. The van der Waals surface area contributed by atoms with E-state index in [0.717, 1.165) is 16.4 Å². The number of non-ortho nitro benzene ring substituents is 1. The Morgan fingerprint density at radius 3 is 2.26 bits per heavy atom. The first-order valence-corrected chi connectivity index (χ1v) is 12.4. The molecule has 1 aliphatic rings. The number of halogens is 2. The van der Waals surface area contributed by atoms with Gasteiger partial charge < -0.3 is 9.57 Å². The van der Waals surface area contributed by atoms with Crippen molar-refractivity contribution in [2.24, 2.45) is 5.41 Å². The van der Waals surface area contributed by atoms with Crippen LogP contribution in [-0.2, 0) is 19.7 Å². The molecule has 184 valence electrons. The molecule has 10 nitrogen and oxygen atoms in total. The van der Waals surface area contributed by atoms with Gasteiger partial charge in [-0.2, -0.15) is 4.31 Å².